The van der Waals surface area contributed by atoms with Crippen molar-refractivity contribution in [2.45, 2.75) is 0 Å². The van der Waals surface area contributed by atoms with Crippen LogP contribution >= 0.6 is 0 Å². The Bertz CT molecular complexity index is 1020. The molecule has 2 aromatic carbocycles. The van der Waals surface area contributed by atoms with E-state index in [1.807, 2.05) is 14.1 Å². The van der Waals surface area contributed by atoms with E-state index >= 15 is 0 Å². The van der Waals surface area contributed by atoms with Crippen LogP contribution in [0.1, 0.15) is 0 Å². The van der Waals surface area contributed by atoms with Crippen molar-refractivity contribution in [1.29, 1.82) is 0 Å². The highest BCUT2D eigenvalue weighted by Gasteiger charge is 2.07. The Morgan fingerprint density at radius 2 is 1.11 bits per heavy atom. The third kappa shape index (κ3) is 4.01. The maximum atomic E-state index is 13.0. The molecule has 2 heterocycles. The number of aryl methyl sites for hydroxylation is 2. The van der Waals surface area contributed by atoms with Gasteiger partial charge in [0.25, 0.3) is 0 Å². The molecule has 4 aromatic rings. The van der Waals surface area contributed by atoms with Crippen LogP contribution in [0.5, 0.6) is 11.5 Å². The fourth-order valence-electron chi connectivity index (χ4n) is 2.58. The van der Waals surface area contributed by atoms with Crippen LogP contribution in [0.3, 0.4) is 0 Å². The first-order chi connectivity index (χ1) is 13.4. The predicted molar refractivity (Wildman–Crippen MR) is 101 cm³/mol. The summed E-state index contributed by atoms with van der Waals surface area (Å²) in [7, 11) is 3.65. The maximum Gasteiger partial charge on any atom is 0.165 e. The van der Waals surface area contributed by atoms with Crippen molar-refractivity contribution in [2.24, 2.45) is 14.1 Å². The average Bonchev–Trinajstić information content (AvgIpc) is 3.29. The van der Waals surface area contributed by atoms with Crippen LogP contribution < -0.4 is 0 Å². The molecule has 0 aliphatic carbocycles. The number of rotatable bonds is 2. The molecule has 0 bridgehead atoms. The molecule has 0 aliphatic rings. The molecule has 0 amide bonds. The van der Waals surface area contributed by atoms with Gasteiger partial charge in [0.15, 0.2) is 23.1 Å². The van der Waals surface area contributed by atoms with E-state index in [2.05, 4.69) is 9.97 Å². The molecule has 8 heteroatoms. The molecule has 0 spiro atoms. The van der Waals surface area contributed by atoms with Gasteiger partial charge >= 0.3 is 0 Å². The number of phenols is 2. The van der Waals surface area contributed by atoms with Gasteiger partial charge in [-0.2, -0.15) is 0 Å². The predicted octanol–water partition coefficient (Wildman–Crippen LogP) is 3.86. The van der Waals surface area contributed by atoms with Crippen molar-refractivity contribution in [1.82, 2.24) is 19.1 Å². The zero-order valence-corrected chi connectivity index (χ0v) is 15.2. The summed E-state index contributed by atoms with van der Waals surface area (Å²) in [4.78, 5) is 8.14. The molecule has 2 N–H and O–H groups in total. The monoisotopic (exact) mass is 384 g/mol. The first-order valence-corrected chi connectivity index (χ1v) is 8.29. The second-order valence-corrected chi connectivity index (χ2v) is 6.06. The second kappa shape index (κ2) is 7.91. The van der Waals surface area contributed by atoms with Gasteiger partial charge in [-0.25, -0.2) is 18.7 Å². The Hall–Kier alpha value is -3.68. The topological polar surface area (TPSA) is 76.1 Å². The lowest BCUT2D eigenvalue weighted by atomic mass is 10.2. The second-order valence-electron chi connectivity index (χ2n) is 6.06. The molecule has 6 nitrogen and oxygen atoms in total. The largest absolute Gasteiger partial charge is 0.505 e. The van der Waals surface area contributed by atoms with Gasteiger partial charge < -0.3 is 19.3 Å². The van der Waals surface area contributed by atoms with Gasteiger partial charge in [-0.05, 0) is 36.4 Å². The van der Waals surface area contributed by atoms with Gasteiger partial charge in [0.2, 0.25) is 0 Å². The molecule has 0 saturated carbocycles. The normalized spacial score (nSPS) is 10.4. The van der Waals surface area contributed by atoms with Crippen molar-refractivity contribution in [3.05, 3.63) is 72.8 Å². The molecule has 4 rings (SSSR count). The number of hydrogen-bond acceptors (Lipinski definition) is 4. The number of aromatic hydroxyl groups is 2. The summed E-state index contributed by atoms with van der Waals surface area (Å²) < 4.78 is 29.6. The Labute approximate surface area is 160 Å². The Kier molecular flexibility index (Phi) is 5.39. The minimum absolute atomic E-state index is 0.344. The third-order valence-corrected chi connectivity index (χ3v) is 4.05. The SMILES string of the molecule is Cn1ccnc1-c1ccc(O)c(F)c1.Cn1ccnc1-c1ccc(O)c(F)c1. The standard InChI is InChI=1S/2C10H9FN2O/c2*1-13-5-4-12-10(13)7-2-3-9(14)8(11)6-7/h2*2-6,14H,1H3. The molecule has 0 radical (unpaired) electrons. The number of phenolic OH excluding ortho intramolecular Hbond substituents is 2. The third-order valence-electron chi connectivity index (χ3n) is 4.05. The number of imidazole rings is 2. The summed E-state index contributed by atoms with van der Waals surface area (Å²) in [5.74, 6) is -0.616. The van der Waals surface area contributed by atoms with Crippen molar-refractivity contribution in [3.8, 4) is 34.3 Å². The van der Waals surface area contributed by atoms with Crippen molar-refractivity contribution in [3.63, 3.8) is 0 Å². The quantitative estimate of drug-likeness (QED) is 0.550. The Morgan fingerprint density at radius 1 is 0.714 bits per heavy atom. The van der Waals surface area contributed by atoms with Crippen molar-refractivity contribution in [2.75, 3.05) is 0 Å². The van der Waals surface area contributed by atoms with Gasteiger partial charge in [-0.3, -0.25) is 0 Å². The fraction of sp³-hybridized carbons (Fsp3) is 0.100. The van der Waals surface area contributed by atoms with E-state index in [0.29, 0.717) is 22.8 Å². The molecule has 0 saturated heterocycles. The molecular formula is C20H18F2N4O2. The van der Waals surface area contributed by atoms with Crippen LogP contribution in [0, 0.1) is 11.6 Å². The summed E-state index contributed by atoms with van der Waals surface area (Å²) >= 11 is 0. The van der Waals surface area contributed by atoms with Crippen molar-refractivity contribution >= 4 is 0 Å². The number of hydrogen-bond donors (Lipinski definition) is 2. The van der Waals surface area contributed by atoms with Gasteiger partial charge in [0, 0.05) is 50.0 Å². The van der Waals surface area contributed by atoms with E-state index in [1.54, 1.807) is 46.1 Å². The Morgan fingerprint density at radius 3 is 1.39 bits per heavy atom. The van der Waals surface area contributed by atoms with E-state index in [4.69, 9.17) is 10.2 Å². The van der Waals surface area contributed by atoms with E-state index < -0.39 is 11.6 Å². The van der Waals surface area contributed by atoms with Crippen LogP contribution in [0.25, 0.3) is 22.8 Å². The lowest BCUT2D eigenvalue weighted by Gasteiger charge is -2.02. The molecule has 2 aromatic heterocycles. The number of benzene rings is 2. The summed E-state index contributed by atoms with van der Waals surface area (Å²) in [5, 5.41) is 18.0. The lowest BCUT2D eigenvalue weighted by Crippen LogP contribution is -1.91. The van der Waals surface area contributed by atoms with E-state index in [-0.39, 0.29) is 11.5 Å². The zero-order valence-electron chi connectivity index (χ0n) is 15.2. The molecule has 0 unspecified atom stereocenters. The van der Waals surface area contributed by atoms with E-state index in [1.165, 1.54) is 24.3 Å². The van der Waals surface area contributed by atoms with Crippen molar-refractivity contribution < 1.29 is 19.0 Å². The summed E-state index contributed by atoms with van der Waals surface area (Å²) in [6, 6.07) is 8.41. The van der Waals surface area contributed by atoms with Crippen LogP contribution in [0.4, 0.5) is 8.78 Å². The lowest BCUT2D eigenvalue weighted by molar-refractivity contribution is 0.432. The molecular weight excluding hydrogens is 366 g/mol. The summed E-state index contributed by atoms with van der Waals surface area (Å²) in [5.41, 5.74) is 1.29. The van der Waals surface area contributed by atoms with E-state index in [9.17, 15) is 8.78 Å². The molecule has 28 heavy (non-hydrogen) atoms. The van der Waals surface area contributed by atoms with Crippen LogP contribution in [-0.2, 0) is 14.1 Å². The maximum absolute atomic E-state index is 13.0. The summed E-state index contributed by atoms with van der Waals surface area (Å²) in [6.45, 7) is 0. The number of nitrogens with zero attached hydrogens (tertiary/aromatic N) is 4. The van der Waals surface area contributed by atoms with E-state index in [0.717, 1.165) is 0 Å². The van der Waals surface area contributed by atoms with Crippen LogP contribution in [0.2, 0.25) is 0 Å². The van der Waals surface area contributed by atoms with Gasteiger partial charge in [0.1, 0.15) is 11.6 Å². The van der Waals surface area contributed by atoms with Gasteiger partial charge in [-0.1, -0.05) is 0 Å². The van der Waals surface area contributed by atoms with Crippen LogP contribution in [-0.4, -0.2) is 29.3 Å². The summed E-state index contributed by atoms with van der Waals surface area (Å²) in [6.07, 6.45) is 6.83. The highest BCUT2D eigenvalue weighted by atomic mass is 19.1. The average molecular weight is 384 g/mol. The van der Waals surface area contributed by atoms with Crippen LogP contribution in [0.15, 0.2) is 61.2 Å². The highest BCUT2D eigenvalue weighted by Crippen LogP contribution is 2.24. The first-order valence-electron chi connectivity index (χ1n) is 8.29. The minimum Gasteiger partial charge on any atom is -0.505 e. The fourth-order valence-corrected chi connectivity index (χ4v) is 2.58. The minimum atomic E-state index is -0.634. The van der Waals surface area contributed by atoms with Gasteiger partial charge in [-0.15, -0.1) is 0 Å². The Balaban J connectivity index is 0.000000161. The number of halogens is 2. The number of aromatic nitrogens is 4. The highest BCUT2D eigenvalue weighted by molar-refractivity contribution is 5.57. The molecule has 0 fully saturated rings. The zero-order chi connectivity index (χ0) is 20.3. The van der Waals surface area contributed by atoms with Gasteiger partial charge in [0.05, 0.1) is 0 Å². The molecule has 0 aliphatic heterocycles. The molecule has 0 atom stereocenters. The smallest absolute Gasteiger partial charge is 0.165 e. The first kappa shape index (κ1) is 19.1. The molecule has 144 valence electrons.